The molecule has 0 atom stereocenters. The molecule has 0 radical (unpaired) electrons. The summed E-state index contributed by atoms with van der Waals surface area (Å²) in [5, 5.41) is 9.72. The quantitative estimate of drug-likeness (QED) is 0.902. The lowest BCUT2D eigenvalue weighted by atomic mass is 10.1. The maximum atomic E-state index is 8.91. The highest BCUT2D eigenvalue weighted by Gasteiger charge is 2.16. The van der Waals surface area contributed by atoms with E-state index in [1.54, 1.807) is 0 Å². The Bertz CT molecular complexity index is 389. The van der Waals surface area contributed by atoms with Crippen molar-refractivity contribution < 1.29 is 5.11 Å². The van der Waals surface area contributed by atoms with Gasteiger partial charge < -0.3 is 5.11 Å². The monoisotopic (exact) mass is 268 g/mol. The standard InChI is InChI=1S/C14H21ClN2O/c1-12-10-14(15)3-2-13(12)11-17-6-4-16(5-7-17)8-9-18/h2-3,10,18H,4-9,11H2,1H3. The van der Waals surface area contributed by atoms with E-state index in [-0.39, 0.29) is 6.61 Å². The smallest absolute Gasteiger partial charge is 0.0558 e. The van der Waals surface area contributed by atoms with Crippen molar-refractivity contribution in [3.05, 3.63) is 34.3 Å². The number of aryl methyl sites for hydroxylation is 1. The molecule has 0 aromatic heterocycles. The molecule has 18 heavy (non-hydrogen) atoms. The van der Waals surface area contributed by atoms with E-state index in [2.05, 4.69) is 22.8 Å². The van der Waals surface area contributed by atoms with E-state index in [0.717, 1.165) is 44.3 Å². The molecule has 1 saturated heterocycles. The van der Waals surface area contributed by atoms with Crippen molar-refractivity contribution in [2.24, 2.45) is 0 Å². The van der Waals surface area contributed by atoms with Gasteiger partial charge in [-0.1, -0.05) is 17.7 Å². The Morgan fingerprint density at radius 3 is 2.44 bits per heavy atom. The number of β-amino-alcohol motifs (C(OH)–C–C–N with tert-alkyl or cyclic N) is 1. The zero-order valence-electron chi connectivity index (χ0n) is 10.9. The number of hydrogen-bond donors (Lipinski definition) is 1. The molecular weight excluding hydrogens is 248 g/mol. The zero-order chi connectivity index (χ0) is 13.0. The van der Waals surface area contributed by atoms with Crippen molar-refractivity contribution in [2.75, 3.05) is 39.3 Å². The number of rotatable bonds is 4. The molecule has 1 aromatic rings. The minimum atomic E-state index is 0.260. The summed E-state index contributed by atoms with van der Waals surface area (Å²) in [5.74, 6) is 0. The number of halogens is 1. The Kier molecular flexibility index (Phi) is 5.01. The van der Waals surface area contributed by atoms with Gasteiger partial charge in [-0.2, -0.15) is 0 Å². The van der Waals surface area contributed by atoms with Crippen LogP contribution in [0.1, 0.15) is 11.1 Å². The lowest BCUT2D eigenvalue weighted by molar-refractivity contribution is 0.108. The lowest BCUT2D eigenvalue weighted by Crippen LogP contribution is -2.46. The first-order chi connectivity index (χ1) is 8.69. The summed E-state index contributed by atoms with van der Waals surface area (Å²) >= 11 is 5.97. The predicted molar refractivity (Wildman–Crippen MR) is 75.0 cm³/mol. The minimum absolute atomic E-state index is 0.260. The van der Waals surface area contributed by atoms with Gasteiger partial charge in [-0.05, 0) is 30.2 Å². The van der Waals surface area contributed by atoms with Gasteiger partial charge in [0.05, 0.1) is 6.61 Å². The fraction of sp³-hybridized carbons (Fsp3) is 0.571. The van der Waals surface area contributed by atoms with Crippen molar-refractivity contribution in [2.45, 2.75) is 13.5 Å². The van der Waals surface area contributed by atoms with Crippen molar-refractivity contribution >= 4 is 11.6 Å². The average molecular weight is 269 g/mol. The maximum absolute atomic E-state index is 8.91. The fourth-order valence-corrected chi connectivity index (χ4v) is 2.62. The molecule has 0 amide bonds. The molecule has 0 saturated carbocycles. The highest BCUT2D eigenvalue weighted by molar-refractivity contribution is 6.30. The first-order valence-electron chi connectivity index (χ1n) is 6.49. The van der Waals surface area contributed by atoms with E-state index in [9.17, 15) is 0 Å². The third-order valence-corrected chi connectivity index (χ3v) is 3.81. The summed E-state index contributed by atoms with van der Waals surface area (Å²) in [4.78, 5) is 4.77. The minimum Gasteiger partial charge on any atom is -0.395 e. The molecule has 1 fully saturated rings. The summed E-state index contributed by atoms with van der Waals surface area (Å²) in [7, 11) is 0. The van der Waals surface area contributed by atoms with Gasteiger partial charge in [0.25, 0.3) is 0 Å². The Hall–Kier alpha value is -0.610. The number of nitrogens with zero attached hydrogens (tertiary/aromatic N) is 2. The van der Waals surface area contributed by atoms with Crippen LogP contribution in [0.15, 0.2) is 18.2 Å². The third-order valence-electron chi connectivity index (χ3n) is 3.58. The van der Waals surface area contributed by atoms with E-state index < -0.39 is 0 Å². The first-order valence-corrected chi connectivity index (χ1v) is 6.87. The molecule has 1 aliphatic rings. The topological polar surface area (TPSA) is 26.7 Å². The zero-order valence-corrected chi connectivity index (χ0v) is 11.7. The molecule has 1 aliphatic heterocycles. The first kappa shape index (κ1) is 13.8. The van der Waals surface area contributed by atoms with Gasteiger partial charge in [0.1, 0.15) is 0 Å². The highest BCUT2D eigenvalue weighted by Crippen LogP contribution is 2.17. The Balaban J connectivity index is 1.87. The lowest BCUT2D eigenvalue weighted by Gasteiger charge is -2.34. The Morgan fingerprint density at radius 1 is 1.17 bits per heavy atom. The van der Waals surface area contributed by atoms with Crippen LogP contribution in [0.2, 0.25) is 5.02 Å². The van der Waals surface area contributed by atoms with Gasteiger partial charge in [0.2, 0.25) is 0 Å². The number of benzene rings is 1. The van der Waals surface area contributed by atoms with Crippen LogP contribution in [-0.2, 0) is 6.54 Å². The van der Waals surface area contributed by atoms with Crippen LogP contribution in [0.3, 0.4) is 0 Å². The van der Waals surface area contributed by atoms with Crippen molar-refractivity contribution in [3.63, 3.8) is 0 Å². The van der Waals surface area contributed by atoms with Gasteiger partial charge in [-0.3, -0.25) is 9.80 Å². The number of aliphatic hydroxyl groups is 1. The average Bonchev–Trinajstić information content (AvgIpc) is 2.35. The van der Waals surface area contributed by atoms with Gasteiger partial charge in [0.15, 0.2) is 0 Å². The summed E-state index contributed by atoms with van der Waals surface area (Å²) < 4.78 is 0. The van der Waals surface area contributed by atoms with E-state index in [4.69, 9.17) is 16.7 Å². The Morgan fingerprint density at radius 2 is 1.83 bits per heavy atom. The molecule has 1 aromatic carbocycles. The molecular formula is C14H21ClN2O. The van der Waals surface area contributed by atoms with Crippen molar-refractivity contribution in [1.29, 1.82) is 0 Å². The number of piperazine rings is 1. The Labute approximate surface area is 114 Å². The molecule has 0 spiro atoms. The number of aliphatic hydroxyl groups excluding tert-OH is 1. The summed E-state index contributed by atoms with van der Waals surface area (Å²) in [6, 6.07) is 6.11. The van der Waals surface area contributed by atoms with E-state index >= 15 is 0 Å². The van der Waals surface area contributed by atoms with Gasteiger partial charge >= 0.3 is 0 Å². The molecule has 3 nitrogen and oxygen atoms in total. The summed E-state index contributed by atoms with van der Waals surface area (Å²) in [5.41, 5.74) is 2.62. The van der Waals surface area contributed by atoms with Crippen LogP contribution in [-0.4, -0.2) is 54.2 Å². The van der Waals surface area contributed by atoms with Gasteiger partial charge in [0, 0.05) is 44.3 Å². The predicted octanol–water partition coefficient (Wildman–Crippen LogP) is 1.76. The molecule has 2 rings (SSSR count). The SMILES string of the molecule is Cc1cc(Cl)ccc1CN1CCN(CCO)CC1. The molecule has 0 unspecified atom stereocenters. The fourth-order valence-electron chi connectivity index (χ4n) is 2.39. The molecule has 0 bridgehead atoms. The van der Waals surface area contributed by atoms with Crippen LogP contribution in [0.5, 0.6) is 0 Å². The highest BCUT2D eigenvalue weighted by atomic mass is 35.5. The molecule has 100 valence electrons. The number of hydrogen-bond acceptors (Lipinski definition) is 3. The second kappa shape index (κ2) is 6.53. The molecule has 0 aliphatic carbocycles. The molecule has 4 heteroatoms. The summed E-state index contributed by atoms with van der Waals surface area (Å²) in [6.07, 6.45) is 0. The van der Waals surface area contributed by atoms with E-state index in [1.165, 1.54) is 11.1 Å². The second-order valence-electron chi connectivity index (χ2n) is 4.91. The second-order valence-corrected chi connectivity index (χ2v) is 5.35. The van der Waals surface area contributed by atoms with Crippen LogP contribution in [0.25, 0.3) is 0 Å². The largest absolute Gasteiger partial charge is 0.395 e. The summed E-state index contributed by atoms with van der Waals surface area (Å²) in [6.45, 7) is 8.41. The third kappa shape index (κ3) is 3.69. The van der Waals surface area contributed by atoms with Crippen LogP contribution >= 0.6 is 11.6 Å². The van der Waals surface area contributed by atoms with Crippen LogP contribution in [0, 0.1) is 6.92 Å². The van der Waals surface area contributed by atoms with Gasteiger partial charge in [-0.25, -0.2) is 0 Å². The van der Waals surface area contributed by atoms with Crippen molar-refractivity contribution in [1.82, 2.24) is 9.80 Å². The van der Waals surface area contributed by atoms with Crippen molar-refractivity contribution in [3.8, 4) is 0 Å². The van der Waals surface area contributed by atoms with Crippen LogP contribution < -0.4 is 0 Å². The van der Waals surface area contributed by atoms with Crippen LogP contribution in [0.4, 0.5) is 0 Å². The maximum Gasteiger partial charge on any atom is 0.0558 e. The normalized spacial score (nSPS) is 18.2. The van der Waals surface area contributed by atoms with E-state index in [0.29, 0.717) is 0 Å². The molecule has 1 heterocycles. The van der Waals surface area contributed by atoms with Gasteiger partial charge in [-0.15, -0.1) is 0 Å². The molecule has 1 N–H and O–H groups in total. The van der Waals surface area contributed by atoms with E-state index in [1.807, 2.05) is 12.1 Å².